The Morgan fingerprint density at radius 3 is 2.95 bits per heavy atom. The molecule has 1 heterocycles. The molecule has 5 heteroatoms. The Hall–Kier alpha value is -1.62. The number of para-hydroxylation sites is 1. The molecule has 0 spiro atoms. The molecule has 0 aliphatic carbocycles. The second kappa shape index (κ2) is 5.79. The molecule has 0 aromatic heterocycles. The van der Waals surface area contributed by atoms with E-state index in [1.54, 1.807) is 17.9 Å². The van der Waals surface area contributed by atoms with Gasteiger partial charge in [0.25, 0.3) is 5.91 Å². The van der Waals surface area contributed by atoms with E-state index in [1.807, 2.05) is 6.92 Å². The first-order chi connectivity index (χ1) is 9.44. The number of benzene rings is 1. The number of nitrogens with zero attached hydrogens (tertiary/aromatic N) is 1. The number of aliphatic hydroxyl groups is 1. The van der Waals surface area contributed by atoms with Gasteiger partial charge in [-0.15, -0.1) is 0 Å². The zero-order chi connectivity index (χ0) is 14.8. The van der Waals surface area contributed by atoms with Crippen molar-refractivity contribution in [2.75, 3.05) is 25.0 Å². The average molecular weight is 280 g/mol. The SMILES string of the molecule is CCNc1c(F)cccc1C(=O)N1CCCC(C)(O)C1. The van der Waals surface area contributed by atoms with Gasteiger partial charge in [-0.05, 0) is 38.8 Å². The van der Waals surface area contributed by atoms with Crippen LogP contribution in [0.4, 0.5) is 10.1 Å². The van der Waals surface area contributed by atoms with E-state index in [0.29, 0.717) is 25.1 Å². The number of rotatable bonds is 3. The summed E-state index contributed by atoms with van der Waals surface area (Å²) in [6, 6.07) is 4.49. The minimum absolute atomic E-state index is 0.236. The quantitative estimate of drug-likeness (QED) is 0.893. The van der Waals surface area contributed by atoms with Crippen LogP contribution in [0.2, 0.25) is 0 Å². The van der Waals surface area contributed by atoms with Gasteiger partial charge in [-0.3, -0.25) is 4.79 Å². The van der Waals surface area contributed by atoms with Gasteiger partial charge in [-0.25, -0.2) is 4.39 Å². The number of hydrogen-bond acceptors (Lipinski definition) is 3. The van der Waals surface area contributed by atoms with Crippen LogP contribution in [0.1, 0.15) is 37.0 Å². The molecule has 2 N–H and O–H groups in total. The summed E-state index contributed by atoms with van der Waals surface area (Å²) < 4.78 is 13.8. The van der Waals surface area contributed by atoms with Crippen LogP contribution in [0.5, 0.6) is 0 Å². The molecule has 1 fully saturated rings. The van der Waals surface area contributed by atoms with Gasteiger partial charge in [0.15, 0.2) is 0 Å². The summed E-state index contributed by atoms with van der Waals surface area (Å²) >= 11 is 0. The normalized spacial score (nSPS) is 22.7. The van der Waals surface area contributed by atoms with Crippen molar-refractivity contribution in [3.05, 3.63) is 29.6 Å². The molecule has 1 saturated heterocycles. The van der Waals surface area contributed by atoms with Gasteiger partial charge in [0, 0.05) is 19.6 Å². The summed E-state index contributed by atoms with van der Waals surface area (Å²) in [4.78, 5) is 14.1. The van der Waals surface area contributed by atoms with Crippen LogP contribution in [0, 0.1) is 5.82 Å². The van der Waals surface area contributed by atoms with E-state index >= 15 is 0 Å². The Morgan fingerprint density at radius 2 is 2.30 bits per heavy atom. The summed E-state index contributed by atoms with van der Waals surface area (Å²) in [7, 11) is 0. The minimum Gasteiger partial charge on any atom is -0.388 e. The van der Waals surface area contributed by atoms with E-state index in [4.69, 9.17) is 0 Å². The highest BCUT2D eigenvalue weighted by Crippen LogP contribution is 2.25. The first-order valence-corrected chi connectivity index (χ1v) is 6.98. The first kappa shape index (κ1) is 14.8. The van der Waals surface area contributed by atoms with E-state index in [2.05, 4.69) is 5.32 Å². The lowest BCUT2D eigenvalue weighted by Gasteiger charge is -2.37. The molecule has 20 heavy (non-hydrogen) atoms. The molecule has 0 saturated carbocycles. The summed E-state index contributed by atoms with van der Waals surface area (Å²) in [5.74, 6) is -0.665. The number of halogens is 1. The third-order valence-electron chi connectivity index (χ3n) is 3.56. The van der Waals surface area contributed by atoms with Crippen molar-refractivity contribution in [2.24, 2.45) is 0 Å². The van der Waals surface area contributed by atoms with Crippen LogP contribution < -0.4 is 5.32 Å². The Bertz CT molecular complexity index is 503. The summed E-state index contributed by atoms with van der Waals surface area (Å²) in [6.07, 6.45) is 1.44. The van der Waals surface area contributed by atoms with Gasteiger partial charge in [-0.2, -0.15) is 0 Å². The van der Waals surface area contributed by atoms with Gasteiger partial charge in [0.05, 0.1) is 16.9 Å². The lowest BCUT2D eigenvalue weighted by molar-refractivity contribution is -0.0107. The smallest absolute Gasteiger partial charge is 0.256 e. The van der Waals surface area contributed by atoms with Crippen LogP contribution in [-0.2, 0) is 0 Å². The van der Waals surface area contributed by atoms with Crippen LogP contribution in [-0.4, -0.2) is 41.1 Å². The molecular formula is C15H21FN2O2. The number of carbonyl (C=O) groups is 1. The molecule has 1 amide bonds. The number of nitrogens with one attached hydrogen (secondary N) is 1. The van der Waals surface area contributed by atoms with Crippen molar-refractivity contribution >= 4 is 11.6 Å². The molecule has 1 unspecified atom stereocenters. The Labute approximate surface area is 118 Å². The van der Waals surface area contributed by atoms with E-state index in [0.717, 1.165) is 6.42 Å². The monoisotopic (exact) mass is 280 g/mol. The van der Waals surface area contributed by atoms with Crippen LogP contribution in [0.25, 0.3) is 0 Å². The van der Waals surface area contributed by atoms with Gasteiger partial charge in [0.2, 0.25) is 0 Å². The van der Waals surface area contributed by atoms with E-state index in [-0.39, 0.29) is 18.1 Å². The summed E-state index contributed by atoms with van der Waals surface area (Å²) in [5.41, 5.74) is -0.297. The zero-order valence-corrected chi connectivity index (χ0v) is 11.9. The molecule has 1 aliphatic heterocycles. The number of amides is 1. The van der Waals surface area contributed by atoms with Crippen molar-refractivity contribution in [3.63, 3.8) is 0 Å². The van der Waals surface area contributed by atoms with Crippen molar-refractivity contribution in [1.82, 2.24) is 4.90 Å². The Kier molecular flexibility index (Phi) is 4.28. The van der Waals surface area contributed by atoms with Crippen LogP contribution in [0.15, 0.2) is 18.2 Å². The maximum Gasteiger partial charge on any atom is 0.256 e. The third-order valence-corrected chi connectivity index (χ3v) is 3.56. The highest BCUT2D eigenvalue weighted by atomic mass is 19.1. The van der Waals surface area contributed by atoms with Gasteiger partial charge < -0.3 is 15.3 Å². The highest BCUT2D eigenvalue weighted by Gasteiger charge is 2.32. The third kappa shape index (κ3) is 3.10. The topological polar surface area (TPSA) is 52.6 Å². The van der Waals surface area contributed by atoms with Gasteiger partial charge in [0.1, 0.15) is 5.82 Å². The maximum absolute atomic E-state index is 13.8. The number of hydrogen-bond donors (Lipinski definition) is 2. The molecule has 1 atom stereocenters. The standard InChI is InChI=1S/C15H21FN2O2/c1-3-17-13-11(6-4-7-12(13)16)14(19)18-9-5-8-15(2,20)10-18/h4,6-7,17,20H,3,5,8-10H2,1-2H3. The van der Waals surface area contributed by atoms with Gasteiger partial charge >= 0.3 is 0 Å². The summed E-state index contributed by atoms with van der Waals surface area (Å²) in [6.45, 7) is 5.00. The number of β-amino-alcohol motifs (C(OH)–C–C–N with tert-alkyl or cyclic N) is 1. The molecular weight excluding hydrogens is 259 g/mol. The second-order valence-electron chi connectivity index (χ2n) is 5.52. The van der Waals surface area contributed by atoms with Crippen LogP contribution >= 0.6 is 0 Å². The average Bonchev–Trinajstić information content (AvgIpc) is 2.39. The lowest BCUT2D eigenvalue weighted by atomic mass is 9.94. The number of likely N-dealkylation sites (tertiary alicyclic amines) is 1. The maximum atomic E-state index is 13.8. The highest BCUT2D eigenvalue weighted by molar-refractivity contribution is 5.99. The molecule has 4 nitrogen and oxygen atoms in total. The van der Waals surface area contributed by atoms with E-state index < -0.39 is 11.4 Å². The van der Waals surface area contributed by atoms with E-state index in [9.17, 15) is 14.3 Å². The van der Waals surface area contributed by atoms with Gasteiger partial charge in [-0.1, -0.05) is 6.07 Å². The predicted octanol–water partition coefficient (Wildman–Crippen LogP) is 2.24. The largest absolute Gasteiger partial charge is 0.388 e. The summed E-state index contributed by atoms with van der Waals surface area (Å²) in [5, 5.41) is 13.0. The fourth-order valence-corrected chi connectivity index (χ4v) is 2.62. The fraction of sp³-hybridized carbons (Fsp3) is 0.533. The number of anilines is 1. The number of piperidine rings is 1. The van der Waals surface area contributed by atoms with Crippen molar-refractivity contribution in [2.45, 2.75) is 32.3 Å². The van der Waals surface area contributed by atoms with E-state index in [1.165, 1.54) is 12.1 Å². The number of carbonyl (C=O) groups excluding carboxylic acids is 1. The molecule has 2 rings (SSSR count). The molecule has 1 aromatic rings. The van der Waals surface area contributed by atoms with Crippen LogP contribution in [0.3, 0.4) is 0 Å². The molecule has 1 aliphatic rings. The molecule has 110 valence electrons. The molecule has 0 bridgehead atoms. The minimum atomic E-state index is -0.862. The second-order valence-corrected chi connectivity index (χ2v) is 5.52. The molecule has 0 radical (unpaired) electrons. The first-order valence-electron chi connectivity index (χ1n) is 6.98. The predicted molar refractivity (Wildman–Crippen MR) is 76.3 cm³/mol. The lowest BCUT2D eigenvalue weighted by Crippen LogP contribution is -2.48. The fourth-order valence-electron chi connectivity index (χ4n) is 2.62. The molecule has 1 aromatic carbocycles. The van der Waals surface area contributed by atoms with Crippen molar-refractivity contribution in [1.29, 1.82) is 0 Å². The van der Waals surface area contributed by atoms with Crippen molar-refractivity contribution < 1.29 is 14.3 Å². The van der Waals surface area contributed by atoms with Crippen molar-refractivity contribution in [3.8, 4) is 0 Å². The Morgan fingerprint density at radius 1 is 1.55 bits per heavy atom. The Balaban J connectivity index is 2.27. The zero-order valence-electron chi connectivity index (χ0n) is 11.9.